The van der Waals surface area contributed by atoms with Crippen LogP contribution in [0.15, 0.2) is 27.1 Å². The van der Waals surface area contributed by atoms with Crippen molar-refractivity contribution in [3.05, 3.63) is 32.7 Å². The number of hydrogen-bond donors (Lipinski definition) is 1. The Morgan fingerprint density at radius 1 is 1.00 bits per heavy atom. The van der Waals surface area contributed by atoms with Gasteiger partial charge in [-0.1, -0.05) is 65.5 Å². The Bertz CT molecular complexity index is 387. The maximum Gasteiger partial charge on any atom is 0.0360 e. The summed E-state index contributed by atoms with van der Waals surface area (Å²) in [5.41, 5.74) is 1.39. The van der Waals surface area contributed by atoms with E-state index < -0.39 is 0 Å². The molecule has 1 unspecified atom stereocenters. The molecule has 0 saturated heterocycles. The average Bonchev–Trinajstić information content (AvgIpc) is 2.43. The average molecular weight is 405 g/mol. The molecular weight excluding hydrogens is 378 g/mol. The van der Waals surface area contributed by atoms with E-state index in [1.807, 2.05) is 0 Å². The summed E-state index contributed by atoms with van der Waals surface area (Å²) in [6.07, 6.45) is 6.25. The minimum absolute atomic E-state index is 0.446. The van der Waals surface area contributed by atoms with Gasteiger partial charge in [-0.15, -0.1) is 0 Å². The SMILES string of the molecule is CCCNC(c1cc(Br)ccc1Br)C(CCC)CCC. The summed E-state index contributed by atoms with van der Waals surface area (Å²) in [4.78, 5) is 0. The van der Waals surface area contributed by atoms with E-state index in [0.717, 1.165) is 11.0 Å². The molecule has 0 amide bonds. The first-order valence-corrected chi connectivity index (χ1v) is 9.40. The molecule has 3 heteroatoms. The van der Waals surface area contributed by atoms with Gasteiger partial charge in [-0.2, -0.15) is 0 Å². The first-order valence-electron chi connectivity index (χ1n) is 7.82. The van der Waals surface area contributed by atoms with E-state index in [4.69, 9.17) is 0 Å². The third kappa shape index (κ3) is 5.50. The maximum absolute atomic E-state index is 3.77. The predicted molar refractivity (Wildman–Crippen MR) is 96.2 cm³/mol. The van der Waals surface area contributed by atoms with Gasteiger partial charge in [0.2, 0.25) is 0 Å². The third-order valence-electron chi connectivity index (χ3n) is 3.70. The molecule has 0 bridgehead atoms. The van der Waals surface area contributed by atoms with E-state index in [9.17, 15) is 0 Å². The summed E-state index contributed by atoms with van der Waals surface area (Å²) in [7, 11) is 0. The van der Waals surface area contributed by atoms with E-state index in [2.05, 4.69) is 76.1 Å². The molecule has 0 radical (unpaired) electrons. The van der Waals surface area contributed by atoms with Crippen molar-refractivity contribution in [1.82, 2.24) is 5.32 Å². The van der Waals surface area contributed by atoms with Gasteiger partial charge in [-0.3, -0.25) is 0 Å². The molecule has 0 aromatic heterocycles. The third-order valence-corrected chi connectivity index (χ3v) is 4.91. The van der Waals surface area contributed by atoms with Crippen LogP contribution in [0.2, 0.25) is 0 Å². The summed E-state index contributed by atoms with van der Waals surface area (Å²) in [5.74, 6) is 0.710. The van der Waals surface area contributed by atoms with Crippen LogP contribution in [-0.2, 0) is 0 Å². The van der Waals surface area contributed by atoms with E-state index in [1.54, 1.807) is 0 Å². The van der Waals surface area contributed by atoms with Crippen molar-refractivity contribution in [3.63, 3.8) is 0 Å². The molecule has 1 rings (SSSR count). The van der Waals surface area contributed by atoms with Crippen LogP contribution in [0.5, 0.6) is 0 Å². The quantitative estimate of drug-likeness (QED) is 0.497. The van der Waals surface area contributed by atoms with Crippen molar-refractivity contribution in [2.24, 2.45) is 5.92 Å². The maximum atomic E-state index is 3.77. The zero-order valence-electron chi connectivity index (χ0n) is 12.9. The van der Waals surface area contributed by atoms with Crippen LogP contribution in [0.3, 0.4) is 0 Å². The molecule has 1 aromatic carbocycles. The molecule has 1 atom stereocenters. The largest absolute Gasteiger partial charge is 0.310 e. The Morgan fingerprint density at radius 2 is 1.65 bits per heavy atom. The van der Waals surface area contributed by atoms with Crippen LogP contribution in [0.1, 0.15) is 64.5 Å². The highest BCUT2D eigenvalue weighted by molar-refractivity contribution is 9.11. The van der Waals surface area contributed by atoms with Crippen molar-refractivity contribution in [2.45, 2.75) is 58.9 Å². The van der Waals surface area contributed by atoms with Crippen molar-refractivity contribution < 1.29 is 0 Å². The summed E-state index contributed by atoms with van der Waals surface area (Å²) >= 11 is 7.34. The fourth-order valence-electron chi connectivity index (χ4n) is 2.80. The number of benzene rings is 1. The fourth-order valence-corrected chi connectivity index (χ4v) is 3.67. The molecule has 0 aliphatic rings. The van der Waals surface area contributed by atoms with E-state index >= 15 is 0 Å². The van der Waals surface area contributed by atoms with Gasteiger partial charge in [0, 0.05) is 15.0 Å². The Hall–Kier alpha value is 0.140. The fraction of sp³-hybridized carbons (Fsp3) is 0.647. The van der Waals surface area contributed by atoms with Crippen molar-refractivity contribution in [1.29, 1.82) is 0 Å². The highest BCUT2D eigenvalue weighted by Gasteiger charge is 2.23. The molecular formula is C17H27Br2N. The normalized spacial score (nSPS) is 12.9. The van der Waals surface area contributed by atoms with Crippen LogP contribution in [0.25, 0.3) is 0 Å². The second-order valence-electron chi connectivity index (χ2n) is 5.44. The molecule has 0 heterocycles. The standard InChI is InChI=1S/C17H27Br2N/c1-4-7-13(8-5-2)17(20-11-6-3)15-12-14(18)9-10-16(15)19/h9-10,12-13,17,20H,4-8,11H2,1-3H3. The number of hydrogen-bond acceptors (Lipinski definition) is 1. The lowest BCUT2D eigenvalue weighted by Gasteiger charge is -2.29. The van der Waals surface area contributed by atoms with Crippen LogP contribution in [0.4, 0.5) is 0 Å². The zero-order chi connectivity index (χ0) is 15.0. The van der Waals surface area contributed by atoms with Crippen molar-refractivity contribution in [3.8, 4) is 0 Å². The molecule has 0 fully saturated rings. The molecule has 114 valence electrons. The molecule has 1 aromatic rings. The molecule has 0 aliphatic carbocycles. The van der Waals surface area contributed by atoms with Gasteiger partial charge < -0.3 is 5.32 Å². The Labute approximate surface area is 141 Å². The van der Waals surface area contributed by atoms with Crippen LogP contribution >= 0.6 is 31.9 Å². The highest BCUT2D eigenvalue weighted by atomic mass is 79.9. The van der Waals surface area contributed by atoms with Crippen molar-refractivity contribution >= 4 is 31.9 Å². The summed E-state index contributed by atoms with van der Waals surface area (Å²) < 4.78 is 2.37. The van der Waals surface area contributed by atoms with Crippen LogP contribution in [0, 0.1) is 5.92 Å². The smallest absolute Gasteiger partial charge is 0.0360 e. The van der Waals surface area contributed by atoms with Gasteiger partial charge in [0.05, 0.1) is 0 Å². The van der Waals surface area contributed by atoms with Crippen LogP contribution < -0.4 is 5.32 Å². The van der Waals surface area contributed by atoms with Gasteiger partial charge in [-0.25, -0.2) is 0 Å². The molecule has 1 nitrogen and oxygen atoms in total. The van der Waals surface area contributed by atoms with E-state index in [0.29, 0.717) is 12.0 Å². The molecule has 0 spiro atoms. The first-order chi connectivity index (χ1) is 9.63. The lowest BCUT2D eigenvalue weighted by Crippen LogP contribution is -2.29. The summed E-state index contributed by atoms with van der Waals surface area (Å²) in [6.45, 7) is 7.88. The second-order valence-corrected chi connectivity index (χ2v) is 7.21. The van der Waals surface area contributed by atoms with E-state index in [-0.39, 0.29) is 0 Å². The van der Waals surface area contributed by atoms with Gasteiger partial charge >= 0.3 is 0 Å². The Morgan fingerprint density at radius 3 is 2.20 bits per heavy atom. The van der Waals surface area contributed by atoms with Gasteiger partial charge in [0.1, 0.15) is 0 Å². The van der Waals surface area contributed by atoms with Gasteiger partial charge in [0.15, 0.2) is 0 Å². The number of halogens is 2. The zero-order valence-corrected chi connectivity index (χ0v) is 16.1. The van der Waals surface area contributed by atoms with E-state index in [1.165, 1.54) is 42.1 Å². The van der Waals surface area contributed by atoms with Gasteiger partial charge in [-0.05, 0) is 55.5 Å². The number of nitrogens with one attached hydrogen (secondary N) is 1. The molecule has 0 saturated carbocycles. The lowest BCUT2D eigenvalue weighted by atomic mass is 9.86. The Balaban J connectivity index is 3.04. The molecule has 1 N–H and O–H groups in total. The summed E-state index contributed by atoms with van der Waals surface area (Å²) in [6, 6.07) is 6.95. The minimum Gasteiger partial charge on any atom is -0.310 e. The minimum atomic E-state index is 0.446. The molecule has 0 aliphatic heterocycles. The first kappa shape index (κ1) is 18.2. The summed E-state index contributed by atoms with van der Waals surface area (Å²) in [5, 5.41) is 3.77. The monoisotopic (exact) mass is 403 g/mol. The predicted octanol–water partition coefficient (Wildman–Crippen LogP) is 6.47. The Kier molecular flexibility index (Phi) is 9.06. The van der Waals surface area contributed by atoms with Crippen LogP contribution in [-0.4, -0.2) is 6.54 Å². The van der Waals surface area contributed by atoms with Gasteiger partial charge in [0.25, 0.3) is 0 Å². The van der Waals surface area contributed by atoms with Crippen molar-refractivity contribution in [2.75, 3.05) is 6.54 Å². The molecule has 20 heavy (non-hydrogen) atoms. The second kappa shape index (κ2) is 9.97. The lowest BCUT2D eigenvalue weighted by molar-refractivity contribution is 0.315. The number of rotatable bonds is 9. The highest BCUT2D eigenvalue weighted by Crippen LogP contribution is 2.35. The topological polar surface area (TPSA) is 12.0 Å².